The Morgan fingerprint density at radius 3 is 2.12 bits per heavy atom. The summed E-state index contributed by atoms with van der Waals surface area (Å²) in [5.41, 5.74) is 5.19. The summed E-state index contributed by atoms with van der Waals surface area (Å²) >= 11 is 4.63. The zero-order valence-corrected chi connectivity index (χ0v) is 17.6. The minimum absolute atomic E-state index is 0.0116. The van der Waals surface area contributed by atoms with Crippen LogP contribution in [-0.4, -0.2) is 5.97 Å². The smallest absolute Gasteiger partial charge is 0.323 e. The Kier molecular flexibility index (Phi) is 4.51. The number of fused-ring (bicyclic) bond motifs is 1. The van der Waals surface area contributed by atoms with E-state index in [0.717, 1.165) is 32.9 Å². The third-order valence-corrected chi connectivity index (χ3v) is 5.43. The van der Waals surface area contributed by atoms with Gasteiger partial charge in [-0.3, -0.25) is 4.79 Å². The Hall–Kier alpha value is -1.74. The van der Waals surface area contributed by atoms with Gasteiger partial charge >= 0.3 is 5.97 Å². The summed E-state index contributed by atoms with van der Waals surface area (Å²) in [6, 6.07) is 10.4. The van der Waals surface area contributed by atoms with Crippen molar-refractivity contribution >= 4 is 18.6 Å². The maximum Gasteiger partial charge on any atom is 0.323 e. The molecule has 0 saturated carbocycles. The molecular formula is C23H28O2S. The molecule has 2 aromatic rings. The van der Waals surface area contributed by atoms with Crippen LogP contribution in [0.1, 0.15) is 75.3 Å². The zero-order valence-electron chi connectivity index (χ0n) is 16.7. The van der Waals surface area contributed by atoms with Crippen LogP contribution in [-0.2, 0) is 15.6 Å². The molecule has 0 radical (unpaired) electrons. The number of benzene rings is 2. The lowest BCUT2D eigenvalue weighted by Crippen LogP contribution is -2.17. The highest BCUT2D eigenvalue weighted by molar-refractivity contribution is 7.80. The molecule has 26 heavy (non-hydrogen) atoms. The van der Waals surface area contributed by atoms with Gasteiger partial charge in [-0.15, -0.1) is 12.6 Å². The van der Waals surface area contributed by atoms with E-state index in [1.165, 1.54) is 5.56 Å². The summed E-state index contributed by atoms with van der Waals surface area (Å²) in [5, 5.41) is 0. The summed E-state index contributed by atoms with van der Waals surface area (Å²) in [5.74, 6) is 0.103. The van der Waals surface area contributed by atoms with E-state index in [0.29, 0.717) is 0 Å². The van der Waals surface area contributed by atoms with Gasteiger partial charge in [0.25, 0.3) is 0 Å². The quantitative estimate of drug-likeness (QED) is 0.383. The number of hydrogen-bond acceptors (Lipinski definition) is 3. The minimum Gasteiger partial charge on any atom is -0.425 e. The third kappa shape index (κ3) is 3.29. The average molecular weight is 369 g/mol. The van der Waals surface area contributed by atoms with Crippen LogP contribution in [0.4, 0.5) is 0 Å². The lowest BCUT2D eigenvalue weighted by molar-refractivity contribution is -0.133. The second kappa shape index (κ2) is 6.16. The van der Waals surface area contributed by atoms with Gasteiger partial charge in [-0.05, 0) is 34.9 Å². The van der Waals surface area contributed by atoms with Crippen molar-refractivity contribution in [2.45, 2.75) is 70.1 Å². The third-order valence-electron chi connectivity index (χ3n) is 5.04. The fourth-order valence-corrected chi connectivity index (χ4v) is 3.86. The van der Waals surface area contributed by atoms with E-state index in [2.05, 4.69) is 66.3 Å². The van der Waals surface area contributed by atoms with Gasteiger partial charge in [-0.25, -0.2) is 0 Å². The summed E-state index contributed by atoms with van der Waals surface area (Å²) in [4.78, 5) is 13.7. The molecule has 2 nitrogen and oxygen atoms in total. The van der Waals surface area contributed by atoms with Gasteiger partial charge in [0.2, 0.25) is 0 Å². The average Bonchev–Trinajstić information content (AvgIpc) is 2.80. The van der Waals surface area contributed by atoms with Crippen molar-refractivity contribution in [2.24, 2.45) is 0 Å². The number of thiol groups is 1. The minimum atomic E-state index is -0.415. The predicted molar refractivity (Wildman–Crippen MR) is 110 cm³/mol. The first kappa shape index (κ1) is 19.0. The largest absolute Gasteiger partial charge is 0.425 e. The molecule has 1 heterocycles. The highest BCUT2D eigenvalue weighted by Gasteiger charge is 2.40. The molecular weight excluding hydrogens is 340 g/mol. The van der Waals surface area contributed by atoms with E-state index in [1.807, 2.05) is 25.1 Å². The molecule has 0 aliphatic carbocycles. The molecule has 0 spiro atoms. The molecule has 0 aromatic heterocycles. The topological polar surface area (TPSA) is 26.3 Å². The van der Waals surface area contributed by atoms with Gasteiger partial charge in [0.1, 0.15) is 11.7 Å². The van der Waals surface area contributed by atoms with Crippen LogP contribution in [0.25, 0.3) is 0 Å². The van der Waals surface area contributed by atoms with Crippen molar-refractivity contribution in [3.05, 3.63) is 58.1 Å². The number of hydrogen-bond donors (Lipinski definition) is 1. The molecule has 0 saturated heterocycles. The molecule has 0 bridgehead atoms. The fraction of sp³-hybridized carbons (Fsp3) is 0.435. The maximum atomic E-state index is 12.9. The van der Waals surface area contributed by atoms with Crippen molar-refractivity contribution in [3.8, 4) is 5.75 Å². The van der Waals surface area contributed by atoms with Crippen molar-refractivity contribution in [1.82, 2.24) is 0 Å². The van der Waals surface area contributed by atoms with E-state index < -0.39 is 5.92 Å². The lowest BCUT2D eigenvalue weighted by atomic mass is 9.77. The molecule has 138 valence electrons. The highest BCUT2D eigenvalue weighted by atomic mass is 32.1. The molecule has 0 amide bonds. The molecule has 1 aliphatic rings. The number of ether oxygens (including phenoxy) is 1. The van der Waals surface area contributed by atoms with Crippen molar-refractivity contribution in [2.75, 3.05) is 0 Å². The van der Waals surface area contributed by atoms with E-state index in [-0.39, 0.29) is 16.8 Å². The van der Waals surface area contributed by atoms with Gasteiger partial charge in [0.05, 0.1) is 0 Å². The molecule has 3 heteroatoms. The van der Waals surface area contributed by atoms with Gasteiger partial charge in [0, 0.05) is 16.0 Å². The van der Waals surface area contributed by atoms with Crippen molar-refractivity contribution < 1.29 is 9.53 Å². The number of carbonyl (C=O) groups excluding carboxylic acids is 1. The number of carbonyl (C=O) groups is 1. The van der Waals surface area contributed by atoms with Crippen molar-refractivity contribution in [1.29, 1.82) is 0 Å². The van der Waals surface area contributed by atoms with Crippen LogP contribution in [0, 0.1) is 6.92 Å². The van der Waals surface area contributed by atoms with Gasteiger partial charge < -0.3 is 4.74 Å². The van der Waals surface area contributed by atoms with Crippen LogP contribution in [0.15, 0.2) is 35.2 Å². The van der Waals surface area contributed by atoms with Gasteiger partial charge in [0.15, 0.2) is 0 Å². The van der Waals surface area contributed by atoms with Gasteiger partial charge in [-0.2, -0.15) is 0 Å². The van der Waals surface area contributed by atoms with E-state index >= 15 is 0 Å². The highest BCUT2D eigenvalue weighted by Crippen LogP contribution is 2.48. The molecule has 3 rings (SSSR count). The monoisotopic (exact) mass is 368 g/mol. The summed E-state index contributed by atoms with van der Waals surface area (Å²) < 4.78 is 5.81. The molecule has 0 N–H and O–H groups in total. The molecule has 1 atom stereocenters. The number of rotatable bonds is 1. The van der Waals surface area contributed by atoms with Gasteiger partial charge in [-0.1, -0.05) is 71.4 Å². The van der Waals surface area contributed by atoms with E-state index in [4.69, 9.17) is 4.74 Å². The Balaban J connectivity index is 2.28. The Morgan fingerprint density at radius 2 is 1.58 bits per heavy atom. The Morgan fingerprint density at radius 1 is 0.923 bits per heavy atom. The first-order valence-electron chi connectivity index (χ1n) is 9.09. The summed E-state index contributed by atoms with van der Waals surface area (Å²) in [7, 11) is 0. The first-order chi connectivity index (χ1) is 11.9. The molecule has 2 aromatic carbocycles. The molecule has 1 aliphatic heterocycles. The fourth-order valence-electron chi connectivity index (χ4n) is 3.45. The van der Waals surface area contributed by atoms with E-state index in [9.17, 15) is 4.79 Å². The lowest BCUT2D eigenvalue weighted by Gasteiger charge is -2.27. The second-order valence-corrected chi connectivity index (χ2v) is 9.84. The standard InChI is InChI=1S/C23H28O2S/c1-13-8-9-15(18(26)10-13)19-16-11-14(22(2,3)4)12-17(23(5,6)7)20(16)25-21(19)24/h8-12,19,26H,1-7H3. The second-order valence-electron chi connectivity index (χ2n) is 9.36. The SMILES string of the molecule is Cc1ccc(C2C(=O)Oc3c2cc(C(C)(C)C)cc3C(C)(C)C)c(S)c1. The van der Waals surface area contributed by atoms with E-state index in [1.54, 1.807) is 0 Å². The predicted octanol–water partition coefficient (Wildman–Crippen LogP) is 5.93. The van der Waals surface area contributed by atoms with Crippen molar-refractivity contribution in [3.63, 3.8) is 0 Å². The Bertz CT molecular complexity index is 882. The summed E-state index contributed by atoms with van der Waals surface area (Å²) in [6.45, 7) is 15.1. The van der Waals surface area contributed by atoms with Crippen LogP contribution >= 0.6 is 12.6 Å². The first-order valence-corrected chi connectivity index (χ1v) is 9.54. The van der Waals surface area contributed by atoms with Crippen LogP contribution in [0.2, 0.25) is 0 Å². The summed E-state index contributed by atoms with van der Waals surface area (Å²) in [6.07, 6.45) is 0. The molecule has 1 unspecified atom stereocenters. The zero-order chi connectivity index (χ0) is 19.4. The molecule has 0 fully saturated rings. The van der Waals surface area contributed by atoms with Crippen LogP contribution in [0.5, 0.6) is 5.75 Å². The maximum absolute atomic E-state index is 12.9. The Labute approximate surface area is 162 Å². The normalized spacial score (nSPS) is 17.2. The van der Waals surface area contributed by atoms with Crippen LogP contribution in [0.3, 0.4) is 0 Å². The number of esters is 1. The van der Waals surface area contributed by atoms with Crippen LogP contribution < -0.4 is 4.74 Å². The number of aryl methyl sites for hydroxylation is 1.